The molecule has 0 aliphatic carbocycles. The molecule has 0 saturated heterocycles. The average molecular weight is 405 g/mol. The number of aromatic nitrogens is 2. The molecule has 146 valence electrons. The van der Waals surface area contributed by atoms with E-state index in [-0.39, 0.29) is 0 Å². The predicted molar refractivity (Wildman–Crippen MR) is 117 cm³/mol. The van der Waals surface area contributed by atoms with Crippen LogP contribution in [0.25, 0.3) is 22.3 Å². The fourth-order valence-electron chi connectivity index (χ4n) is 3.16. The molecule has 4 rings (SSSR count). The molecule has 2 aromatic heterocycles. The summed E-state index contributed by atoms with van der Waals surface area (Å²) in [4.78, 5) is 8.79. The third-order valence-corrected chi connectivity index (χ3v) is 5.00. The molecule has 2 heterocycles. The first-order valence-electron chi connectivity index (χ1n) is 9.32. The number of halogens is 1. The van der Waals surface area contributed by atoms with Crippen LogP contribution in [0.1, 0.15) is 22.5 Å². The maximum atomic E-state index is 6.19. The lowest BCUT2D eigenvalue weighted by Crippen LogP contribution is -2.09. The molecule has 0 saturated carbocycles. The van der Waals surface area contributed by atoms with E-state index in [1.165, 1.54) is 5.56 Å². The minimum absolute atomic E-state index is 0.466. The van der Waals surface area contributed by atoms with Crippen molar-refractivity contribution in [3.05, 3.63) is 81.4 Å². The maximum Gasteiger partial charge on any atom is 0.243 e. The van der Waals surface area contributed by atoms with Gasteiger partial charge in [-0.3, -0.25) is 0 Å². The van der Waals surface area contributed by atoms with Gasteiger partial charge in [-0.1, -0.05) is 11.6 Å². The van der Waals surface area contributed by atoms with Gasteiger partial charge in [0.2, 0.25) is 5.95 Å². The molecule has 0 fully saturated rings. The van der Waals surface area contributed by atoms with Crippen molar-refractivity contribution in [2.75, 3.05) is 5.43 Å². The molecular formula is C23H21ClN4O. The Hall–Kier alpha value is -3.18. The van der Waals surface area contributed by atoms with Gasteiger partial charge in [-0.25, -0.2) is 15.4 Å². The molecular weight excluding hydrogens is 384 g/mol. The van der Waals surface area contributed by atoms with Crippen LogP contribution in [0.4, 0.5) is 5.95 Å². The topological polar surface area (TPSA) is 63.3 Å². The zero-order valence-corrected chi connectivity index (χ0v) is 17.5. The monoisotopic (exact) mass is 404 g/mol. The SMILES string of the molecule is Cc1cc(C)nc(N/N=c2\cc(-c3ccc(Cl)cc3)oc3cc(C)c(C)cc23)n1. The first kappa shape index (κ1) is 19.2. The Balaban J connectivity index is 1.90. The van der Waals surface area contributed by atoms with E-state index < -0.39 is 0 Å². The predicted octanol–water partition coefficient (Wildman–Crippen LogP) is 5.70. The van der Waals surface area contributed by atoms with Crippen LogP contribution in [0.15, 0.2) is 58.0 Å². The third-order valence-electron chi connectivity index (χ3n) is 4.75. The molecule has 29 heavy (non-hydrogen) atoms. The van der Waals surface area contributed by atoms with E-state index in [1.54, 1.807) is 0 Å². The highest BCUT2D eigenvalue weighted by Crippen LogP contribution is 2.25. The highest BCUT2D eigenvalue weighted by atomic mass is 35.5. The summed E-state index contributed by atoms with van der Waals surface area (Å²) >= 11 is 6.03. The normalized spacial score (nSPS) is 11.8. The van der Waals surface area contributed by atoms with Gasteiger partial charge in [-0.05, 0) is 81.3 Å². The molecule has 0 radical (unpaired) electrons. The summed E-state index contributed by atoms with van der Waals surface area (Å²) in [5.41, 5.74) is 8.79. The van der Waals surface area contributed by atoms with Crippen LogP contribution in [0, 0.1) is 27.7 Å². The van der Waals surface area contributed by atoms with E-state index in [1.807, 2.05) is 56.3 Å². The van der Waals surface area contributed by atoms with Crippen molar-refractivity contribution in [1.29, 1.82) is 0 Å². The quantitative estimate of drug-likeness (QED) is 0.444. The van der Waals surface area contributed by atoms with Crippen LogP contribution in [-0.4, -0.2) is 9.97 Å². The number of nitrogens with zero attached hydrogens (tertiary/aromatic N) is 3. The summed E-state index contributed by atoms with van der Waals surface area (Å²) in [6.45, 7) is 8.01. The second kappa shape index (κ2) is 7.68. The maximum absolute atomic E-state index is 6.19. The number of anilines is 1. The number of hydrogen-bond acceptors (Lipinski definition) is 5. The standard InChI is InChI=1S/C23H21ClN4O/c1-13-9-19-20(27-28-23-25-15(3)11-16(4)26-23)12-21(29-22(19)10-14(13)2)17-5-7-18(24)8-6-17/h5-12H,1-4H3,(H,25,26,28)/b27-20+. The van der Waals surface area contributed by atoms with Gasteiger partial charge < -0.3 is 4.42 Å². The smallest absolute Gasteiger partial charge is 0.243 e. The van der Waals surface area contributed by atoms with Gasteiger partial charge in [0.15, 0.2) is 0 Å². The number of aryl methyl sites for hydroxylation is 4. The Morgan fingerprint density at radius 1 is 0.862 bits per heavy atom. The van der Waals surface area contributed by atoms with E-state index in [0.29, 0.717) is 16.7 Å². The molecule has 4 aromatic rings. The largest absolute Gasteiger partial charge is 0.456 e. The molecule has 0 atom stereocenters. The highest BCUT2D eigenvalue weighted by molar-refractivity contribution is 6.30. The zero-order valence-electron chi connectivity index (χ0n) is 16.7. The third kappa shape index (κ3) is 4.15. The summed E-state index contributed by atoms with van der Waals surface area (Å²) in [7, 11) is 0. The van der Waals surface area contributed by atoms with Crippen LogP contribution in [0.3, 0.4) is 0 Å². The van der Waals surface area contributed by atoms with Gasteiger partial charge in [0.25, 0.3) is 0 Å². The number of rotatable bonds is 3. The van der Waals surface area contributed by atoms with Gasteiger partial charge >= 0.3 is 0 Å². The van der Waals surface area contributed by atoms with Gasteiger partial charge in [0.1, 0.15) is 11.3 Å². The minimum atomic E-state index is 0.466. The molecule has 6 heteroatoms. The van der Waals surface area contributed by atoms with Crippen LogP contribution in [0.5, 0.6) is 0 Å². The van der Waals surface area contributed by atoms with E-state index in [4.69, 9.17) is 16.0 Å². The summed E-state index contributed by atoms with van der Waals surface area (Å²) < 4.78 is 6.19. The van der Waals surface area contributed by atoms with Gasteiger partial charge in [-0.2, -0.15) is 5.10 Å². The average Bonchev–Trinajstić information content (AvgIpc) is 2.67. The van der Waals surface area contributed by atoms with Crippen molar-refractivity contribution in [3.8, 4) is 11.3 Å². The van der Waals surface area contributed by atoms with Crippen molar-refractivity contribution in [2.45, 2.75) is 27.7 Å². The minimum Gasteiger partial charge on any atom is -0.456 e. The summed E-state index contributed by atoms with van der Waals surface area (Å²) in [6.07, 6.45) is 0. The fourth-order valence-corrected chi connectivity index (χ4v) is 3.29. The second-order valence-electron chi connectivity index (χ2n) is 7.13. The van der Waals surface area contributed by atoms with Crippen molar-refractivity contribution < 1.29 is 4.42 Å². The first-order chi connectivity index (χ1) is 13.9. The number of benzene rings is 2. The Bertz CT molecular complexity index is 1260. The van der Waals surface area contributed by atoms with Crippen molar-refractivity contribution >= 4 is 28.5 Å². The molecule has 0 aliphatic heterocycles. The zero-order chi connectivity index (χ0) is 20.5. The van der Waals surface area contributed by atoms with E-state index >= 15 is 0 Å². The summed E-state index contributed by atoms with van der Waals surface area (Å²) in [5, 5.41) is 6.95. The lowest BCUT2D eigenvalue weighted by Gasteiger charge is -2.08. The molecule has 1 N–H and O–H groups in total. The van der Waals surface area contributed by atoms with E-state index in [2.05, 4.69) is 40.4 Å². The summed E-state index contributed by atoms with van der Waals surface area (Å²) in [5.74, 6) is 1.17. The Kier molecular flexibility index (Phi) is 5.07. The highest BCUT2D eigenvalue weighted by Gasteiger charge is 2.08. The number of hydrogen-bond donors (Lipinski definition) is 1. The lowest BCUT2D eigenvalue weighted by molar-refractivity contribution is 0.617. The van der Waals surface area contributed by atoms with Gasteiger partial charge in [0, 0.05) is 33.4 Å². The summed E-state index contributed by atoms with van der Waals surface area (Å²) in [6, 6.07) is 15.5. The van der Waals surface area contributed by atoms with Crippen LogP contribution in [0.2, 0.25) is 5.02 Å². The Morgan fingerprint density at radius 2 is 1.52 bits per heavy atom. The molecule has 0 amide bonds. The van der Waals surface area contributed by atoms with Crippen molar-refractivity contribution in [2.24, 2.45) is 5.10 Å². The molecule has 5 nitrogen and oxygen atoms in total. The molecule has 0 aliphatic rings. The van der Waals surface area contributed by atoms with E-state index in [9.17, 15) is 0 Å². The van der Waals surface area contributed by atoms with Crippen LogP contribution in [-0.2, 0) is 0 Å². The lowest BCUT2D eigenvalue weighted by atomic mass is 10.1. The van der Waals surface area contributed by atoms with Crippen LogP contribution >= 0.6 is 11.6 Å². The molecule has 0 unspecified atom stereocenters. The fraction of sp³-hybridized carbons (Fsp3) is 0.174. The van der Waals surface area contributed by atoms with Gasteiger partial charge in [0.05, 0.1) is 5.36 Å². The number of nitrogens with one attached hydrogen (secondary N) is 1. The first-order valence-corrected chi connectivity index (χ1v) is 9.70. The Labute approximate surface area is 174 Å². The molecule has 2 aromatic carbocycles. The van der Waals surface area contributed by atoms with Crippen molar-refractivity contribution in [1.82, 2.24) is 9.97 Å². The van der Waals surface area contributed by atoms with Crippen molar-refractivity contribution in [3.63, 3.8) is 0 Å². The Morgan fingerprint density at radius 3 is 2.21 bits per heavy atom. The van der Waals surface area contributed by atoms with E-state index in [0.717, 1.165) is 38.8 Å². The molecule has 0 bridgehead atoms. The molecule has 0 spiro atoms. The number of fused-ring (bicyclic) bond motifs is 1. The van der Waals surface area contributed by atoms with Crippen LogP contribution < -0.4 is 10.8 Å². The van der Waals surface area contributed by atoms with Gasteiger partial charge in [-0.15, -0.1) is 0 Å². The second-order valence-corrected chi connectivity index (χ2v) is 7.57.